The van der Waals surface area contributed by atoms with Gasteiger partial charge in [-0.25, -0.2) is 0 Å². The van der Waals surface area contributed by atoms with E-state index in [-0.39, 0.29) is 0 Å². The molecule has 2 atom stereocenters. The van der Waals surface area contributed by atoms with Crippen LogP contribution in [-0.4, -0.2) is 6.69 Å². The van der Waals surface area contributed by atoms with Crippen molar-refractivity contribution >= 4 is 28.9 Å². The second-order valence-corrected chi connectivity index (χ2v) is 12.3. The summed E-state index contributed by atoms with van der Waals surface area (Å²) in [6.45, 7) is 4.29. The van der Waals surface area contributed by atoms with Gasteiger partial charge >= 0.3 is 0 Å². The Bertz CT molecular complexity index is 292. The van der Waals surface area contributed by atoms with Gasteiger partial charge < -0.3 is 0 Å². The molecule has 0 fully saturated rings. The third-order valence-corrected chi connectivity index (χ3v) is 7.14. The highest BCUT2D eigenvalue weighted by Crippen LogP contribution is 2.42. The normalized spacial score (nSPS) is 16.1. The fourth-order valence-electron chi connectivity index (χ4n) is 1.93. The molecule has 0 bridgehead atoms. The van der Waals surface area contributed by atoms with Crippen LogP contribution in [0.2, 0.25) is 12.1 Å². The van der Waals surface area contributed by atoms with Crippen LogP contribution in [0.3, 0.4) is 0 Å². The Morgan fingerprint density at radius 3 is 2.13 bits per heavy atom. The lowest BCUT2D eigenvalue weighted by atomic mass is 9.94. The molecule has 0 aromatic heterocycles. The minimum atomic E-state index is -2.08. The smallest absolute Gasteiger partial charge is 0.146 e. The third kappa shape index (κ3) is 3.51. The maximum absolute atomic E-state index is 6.31. The summed E-state index contributed by atoms with van der Waals surface area (Å²) in [7, 11) is 0. The highest BCUT2D eigenvalue weighted by molar-refractivity contribution is 7.45. The molecule has 1 aromatic carbocycles. The first kappa shape index (κ1) is 13.1. The van der Waals surface area contributed by atoms with Gasteiger partial charge in [0.05, 0.1) is 0 Å². The Kier molecular flexibility index (Phi) is 4.69. The van der Waals surface area contributed by atoms with E-state index in [0.717, 1.165) is 6.42 Å². The van der Waals surface area contributed by atoms with Crippen LogP contribution < -0.4 is 0 Å². The van der Waals surface area contributed by atoms with Gasteiger partial charge in [0.2, 0.25) is 0 Å². The molecule has 1 aromatic rings. The van der Waals surface area contributed by atoms with Gasteiger partial charge in [-0.05, 0) is 30.0 Å². The van der Waals surface area contributed by atoms with Crippen LogP contribution in [0.1, 0.15) is 31.7 Å². The second kappa shape index (κ2) is 5.38. The van der Waals surface area contributed by atoms with Crippen molar-refractivity contribution < 1.29 is 0 Å². The maximum Gasteiger partial charge on any atom is 0.251 e. The molecule has 0 spiro atoms. The zero-order valence-electron chi connectivity index (χ0n) is 9.50. The average Bonchev–Trinajstić information content (AvgIpc) is 2.19. The van der Waals surface area contributed by atoms with Crippen molar-refractivity contribution in [2.75, 3.05) is 0 Å². The third-order valence-electron chi connectivity index (χ3n) is 3.07. The standard InChI is InChI=1S/C12H18Cl2Si/c1-4-12(10(2)15(3,13)14)11-8-6-5-7-9-11/h5-10,12H,4H2,1-3H3. The van der Waals surface area contributed by atoms with Crippen LogP contribution in [0.15, 0.2) is 30.3 Å². The van der Waals surface area contributed by atoms with Gasteiger partial charge in [0.15, 0.2) is 0 Å². The fourth-order valence-corrected chi connectivity index (χ4v) is 3.98. The molecule has 15 heavy (non-hydrogen) atoms. The van der Waals surface area contributed by atoms with E-state index in [9.17, 15) is 0 Å². The summed E-state index contributed by atoms with van der Waals surface area (Å²) in [6.07, 6.45) is 1.09. The summed E-state index contributed by atoms with van der Waals surface area (Å²) >= 11 is 12.6. The molecule has 0 heterocycles. The van der Waals surface area contributed by atoms with Gasteiger partial charge in [0.1, 0.15) is 0 Å². The van der Waals surface area contributed by atoms with Crippen LogP contribution in [0, 0.1) is 0 Å². The molecule has 0 radical (unpaired) electrons. The lowest BCUT2D eigenvalue weighted by molar-refractivity contribution is 0.632. The number of hydrogen-bond donors (Lipinski definition) is 0. The first-order valence-electron chi connectivity index (χ1n) is 5.39. The van der Waals surface area contributed by atoms with E-state index in [1.807, 2.05) is 12.6 Å². The van der Waals surface area contributed by atoms with E-state index in [2.05, 4.69) is 38.1 Å². The van der Waals surface area contributed by atoms with E-state index >= 15 is 0 Å². The molecule has 1 rings (SSSR count). The maximum atomic E-state index is 6.31. The molecule has 2 unspecified atom stereocenters. The van der Waals surface area contributed by atoms with E-state index in [1.165, 1.54) is 5.56 Å². The Hall–Kier alpha value is 0.0169. The predicted octanol–water partition coefficient (Wildman–Crippen LogP) is 5.12. The molecule has 0 saturated heterocycles. The SMILES string of the molecule is CCC(c1ccccc1)C(C)[Si](C)(Cl)Cl. The first-order chi connectivity index (χ1) is 6.96. The Labute approximate surface area is 103 Å². The molecular formula is C12H18Cl2Si. The molecule has 3 heteroatoms. The molecule has 0 saturated carbocycles. The minimum absolute atomic E-state index is 0.383. The quantitative estimate of drug-likeness (QED) is 0.521. The summed E-state index contributed by atoms with van der Waals surface area (Å²) in [5.41, 5.74) is 1.74. The van der Waals surface area contributed by atoms with Gasteiger partial charge in [0, 0.05) is 0 Å². The summed E-state index contributed by atoms with van der Waals surface area (Å²) in [6, 6.07) is 10.5. The van der Waals surface area contributed by atoms with Crippen LogP contribution >= 0.6 is 22.2 Å². The van der Waals surface area contributed by atoms with Crippen LogP contribution in [-0.2, 0) is 0 Å². The molecule has 0 N–H and O–H groups in total. The summed E-state index contributed by atoms with van der Waals surface area (Å²) in [4.78, 5) is 0. The Morgan fingerprint density at radius 1 is 1.20 bits per heavy atom. The van der Waals surface area contributed by atoms with Crippen molar-refractivity contribution in [2.24, 2.45) is 0 Å². The van der Waals surface area contributed by atoms with E-state index in [0.29, 0.717) is 11.5 Å². The topological polar surface area (TPSA) is 0 Å². The molecule has 0 aliphatic heterocycles. The van der Waals surface area contributed by atoms with Crippen molar-refractivity contribution in [3.8, 4) is 0 Å². The van der Waals surface area contributed by atoms with Gasteiger partial charge in [-0.2, -0.15) is 0 Å². The Morgan fingerprint density at radius 2 is 1.73 bits per heavy atom. The minimum Gasteiger partial charge on any atom is -0.146 e. The predicted molar refractivity (Wildman–Crippen MR) is 72.2 cm³/mol. The van der Waals surface area contributed by atoms with E-state index in [1.54, 1.807) is 0 Å². The van der Waals surface area contributed by atoms with Gasteiger partial charge in [0.25, 0.3) is 6.69 Å². The lowest BCUT2D eigenvalue weighted by Gasteiger charge is -2.28. The second-order valence-electron chi connectivity index (χ2n) is 4.17. The van der Waals surface area contributed by atoms with Crippen LogP contribution in [0.25, 0.3) is 0 Å². The molecule has 0 nitrogen and oxygen atoms in total. The monoisotopic (exact) mass is 260 g/mol. The van der Waals surface area contributed by atoms with E-state index in [4.69, 9.17) is 22.2 Å². The zero-order valence-corrected chi connectivity index (χ0v) is 12.0. The van der Waals surface area contributed by atoms with Crippen LogP contribution in [0.4, 0.5) is 0 Å². The fraction of sp³-hybridized carbons (Fsp3) is 0.500. The van der Waals surface area contributed by atoms with Crippen molar-refractivity contribution in [1.82, 2.24) is 0 Å². The number of halogens is 2. The molecule has 0 aliphatic carbocycles. The molecule has 0 amide bonds. The molecule has 84 valence electrons. The zero-order chi connectivity index (χ0) is 11.5. The summed E-state index contributed by atoms with van der Waals surface area (Å²) in [5.74, 6) is 0.484. The van der Waals surface area contributed by atoms with Crippen molar-refractivity contribution in [2.45, 2.75) is 38.3 Å². The van der Waals surface area contributed by atoms with Crippen molar-refractivity contribution in [3.63, 3.8) is 0 Å². The highest BCUT2D eigenvalue weighted by atomic mass is 35.7. The summed E-state index contributed by atoms with van der Waals surface area (Å²) in [5, 5.41) is 0. The van der Waals surface area contributed by atoms with Crippen LogP contribution in [0.5, 0.6) is 0 Å². The number of benzene rings is 1. The first-order valence-corrected chi connectivity index (χ1v) is 9.99. The average molecular weight is 261 g/mol. The van der Waals surface area contributed by atoms with Gasteiger partial charge in [-0.15, -0.1) is 22.2 Å². The Balaban J connectivity index is 2.90. The lowest BCUT2D eigenvalue weighted by Crippen LogP contribution is -2.25. The van der Waals surface area contributed by atoms with Gasteiger partial charge in [-0.3, -0.25) is 0 Å². The number of hydrogen-bond acceptors (Lipinski definition) is 0. The molecule has 0 aliphatic rings. The van der Waals surface area contributed by atoms with Gasteiger partial charge in [-0.1, -0.05) is 44.2 Å². The highest BCUT2D eigenvalue weighted by Gasteiger charge is 2.35. The summed E-state index contributed by atoms with van der Waals surface area (Å²) < 4.78 is 0. The van der Waals surface area contributed by atoms with Crippen molar-refractivity contribution in [3.05, 3.63) is 35.9 Å². The molecular weight excluding hydrogens is 243 g/mol. The largest absolute Gasteiger partial charge is 0.251 e. The van der Waals surface area contributed by atoms with E-state index < -0.39 is 6.69 Å². The number of rotatable bonds is 4. The van der Waals surface area contributed by atoms with Crippen molar-refractivity contribution in [1.29, 1.82) is 0 Å².